The van der Waals surface area contributed by atoms with Crippen LogP contribution in [-0.2, 0) is 0 Å². The Morgan fingerprint density at radius 3 is 2.70 bits per heavy atom. The van der Waals surface area contributed by atoms with Crippen molar-refractivity contribution in [1.82, 2.24) is 0 Å². The first-order valence-corrected chi connectivity index (χ1v) is 6.85. The van der Waals surface area contributed by atoms with Crippen LogP contribution < -0.4 is 10.5 Å². The van der Waals surface area contributed by atoms with Crippen LogP contribution in [0.25, 0.3) is 0 Å². The topological polar surface area (TPSA) is 72.5 Å². The molecule has 4 nitrogen and oxygen atoms in total. The first-order chi connectivity index (χ1) is 9.52. The molecule has 3 N–H and O–H groups in total. The smallest absolute Gasteiger partial charge is 0.336 e. The monoisotopic (exact) mass is 309 g/mol. The minimum absolute atomic E-state index is 0.0749. The third kappa shape index (κ3) is 3.00. The number of nitrogen functional groups attached to an aromatic ring is 1. The highest BCUT2D eigenvalue weighted by atomic mass is 35.5. The summed E-state index contributed by atoms with van der Waals surface area (Å²) >= 11 is 7.35. The summed E-state index contributed by atoms with van der Waals surface area (Å²) in [6.45, 7) is 0. The van der Waals surface area contributed by atoms with Crippen molar-refractivity contribution in [3.63, 3.8) is 0 Å². The highest BCUT2D eigenvalue weighted by Crippen LogP contribution is 2.41. The average Bonchev–Trinajstić information content (AvgIpc) is 2.41. The SMILES string of the molecule is COc1ccccc1Sc1c(Cl)cc(N)cc1C(=O)O. The number of carbonyl (C=O) groups is 1. The van der Waals surface area contributed by atoms with Crippen LogP contribution in [0, 0.1) is 0 Å². The van der Waals surface area contributed by atoms with E-state index in [0.29, 0.717) is 21.4 Å². The van der Waals surface area contributed by atoms with Gasteiger partial charge in [-0.15, -0.1) is 0 Å². The predicted molar refractivity (Wildman–Crippen MR) is 79.9 cm³/mol. The van der Waals surface area contributed by atoms with E-state index in [4.69, 9.17) is 22.1 Å². The molecule has 0 fully saturated rings. The zero-order chi connectivity index (χ0) is 14.7. The largest absolute Gasteiger partial charge is 0.496 e. The van der Waals surface area contributed by atoms with Gasteiger partial charge >= 0.3 is 5.97 Å². The maximum Gasteiger partial charge on any atom is 0.336 e. The lowest BCUT2D eigenvalue weighted by molar-refractivity contribution is 0.0693. The number of para-hydroxylation sites is 1. The number of hydrogen-bond donors (Lipinski definition) is 2. The Bertz CT molecular complexity index is 661. The van der Waals surface area contributed by atoms with E-state index in [1.165, 1.54) is 23.9 Å². The van der Waals surface area contributed by atoms with Crippen LogP contribution in [0.1, 0.15) is 10.4 Å². The lowest BCUT2D eigenvalue weighted by Crippen LogP contribution is -2.01. The van der Waals surface area contributed by atoms with Crippen molar-refractivity contribution >= 4 is 35.0 Å². The maximum absolute atomic E-state index is 11.3. The first-order valence-electron chi connectivity index (χ1n) is 5.66. The van der Waals surface area contributed by atoms with Crippen LogP contribution >= 0.6 is 23.4 Å². The summed E-state index contributed by atoms with van der Waals surface area (Å²) in [5, 5.41) is 9.56. The molecule has 0 heterocycles. The van der Waals surface area contributed by atoms with Crippen LogP contribution in [-0.4, -0.2) is 18.2 Å². The molecule has 20 heavy (non-hydrogen) atoms. The van der Waals surface area contributed by atoms with Gasteiger partial charge in [-0.05, 0) is 24.3 Å². The van der Waals surface area contributed by atoms with Crippen LogP contribution in [0.2, 0.25) is 5.02 Å². The molecular formula is C14H12ClNO3S. The van der Waals surface area contributed by atoms with E-state index in [9.17, 15) is 9.90 Å². The van der Waals surface area contributed by atoms with Gasteiger partial charge in [0.2, 0.25) is 0 Å². The van der Waals surface area contributed by atoms with Gasteiger partial charge in [0.15, 0.2) is 0 Å². The minimum Gasteiger partial charge on any atom is -0.496 e. The Balaban J connectivity index is 2.50. The van der Waals surface area contributed by atoms with Gasteiger partial charge in [-0.3, -0.25) is 0 Å². The van der Waals surface area contributed by atoms with E-state index < -0.39 is 5.97 Å². The fourth-order valence-electron chi connectivity index (χ4n) is 1.69. The lowest BCUT2D eigenvalue weighted by Gasteiger charge is -2.12. The third-order valence-corrected chi connectivity index (χ3v) is 4.19. The van der Waals surface area contributed by atoms with E-state index in [1.807, 2.05) is 18.2 Å². The number of hydrogen-bond acceptors (Lipinski definition) is 4. The number of carboxylic acids is 1. The third-order valence-electron chi connectivity index (χ3n) is 2.58. The second-order valence-electron chi connectivity index (χ2n) is 3.94. The quantitative estimate of drug-likeness (QED) is 0.841. The molecule has 2 aromatic carbocycles. The molecule has 0 bridgehead atoms. The molecule has 0 spiro atoms. The van der Waals surface area contributed by atoms with Gasteiger partial charge in [-0.1, -0.05) is 35.5 Å². The molecule has 2 rings (SSSR count). The molecular weight excluding hydrogens is 298 g/mol. The second kappa shape index (κ2) is 6.07. The molecule has 104 valence electrons. The van der Waals surface area contributed by atoms with E-state index in [2.05, 4.69) is 0 Å². The van der Waals surface area contributed by atoms with Crippen molar-refractivity contribution in [3.05, 3.63) is 47.0 Å². The fourth-order valence-corrected chi connectivity index (χ4v) is 3.06. The average molecular weight is 310 g/mol. The number of methoxy groups -OCH3 is 1. The van der Waals surface area contributed by atoms with E-state index in [1.54, 1.807) is 13.2 Å². The summed E-state index contributed by atoms with van der Waals surface area (Å²) in [6, 6.07) is 10.2. The number of ether oxygens (including phenoxy) is 1. The minimum atomic E-state index is -1.07. The number of aromatic carboxylic acids is 1. The Hall–Kier alpha value is -1.85. The van der Waals surface area contributed by atoms with Crippen LogP contribution in [0.4, 0.5) is 5.69 Å². The fraction of sp³-hybridized carbons (Fsp3) is 0.0714. The second-order valence-corrected chi connectivity index (χ2v) is 5.40. The van der Waals surface area contributed by atoms with Gasteiger partial charge in [0.25, 0.3) is 0 Å². The number of benzene rings is 2. The summed E-state index contributed by atoms with van der Waals surface area (Å²) in [4.78, 5) is 12.5. The van der Waals surface area contributed by atoms with E-state index in [0.717, 1.165) is 4.90 Å². The standard InChI is InChI=1S/C14H12ClNO3S/c1-19-11-4-2-3-5-12(11)20-13-9(14(17)18)6-8(16)7-10(13)15/h2-7H,16H2,1H3,(H,17,18). The van der Waals surface area contributed by atoms with Crippen molar-refractivity contribution in [2.24, 2.45) is 0 Å². The Labute approximate surface area is 125 Å². The molecule has 0 aromatic heterocycles. The molecule has 2 aromatic rings. The molecule has 0 saturated heterocycles. The number of nitrogens with two attached hydrogens (primary N) is 1. The summed E-state index contributed by atoms with van der Waals surface area (Å²) in [5.41, 5.74) is 6.03. The molecule has 0 amide bonds. The summed E-state index contributed by atoms with van der Waals surface area (Å²) in [6.07, 6.45) is 0. The number of rotatable bonds is 4. The Morgan fingerprint density at radius 1 is 1.35 bits per heavy atom. The van der Waals surface area contributed by atoms with Crippen molar-refractivity contribution in [2.45, 2.75) is 9.79 Å². The number of halogens is 1. The first kappa shape index (κ1) is 14.6. The molecule has 0 atom stereocenters. The summed E-state index contributed by atoms with van der Waals surface area (Å²) < 4.78 is 5.25. The van der Waals surface area contributed by atoms with Crippen LogP contribution in [0.5, 0.6) is 5.75 Å². The number of anilines is 1. The van der Waals surface area contributed by atoms with Gasteiger partial charge in [0.05, 0.1) is 22.6 Å². The highest BCUT2D eigenvalue weighted by molar-refractivity contribution is 7.99. The van der Waals surface area contributed by atoms with Crippen molar-refractivity contribution in [1.29, 1.82) is 0 Å². The van der Waals surface area contributed by atoms with Crippen molar-refractivity contribution in [2.75, 3.05) is 12.8 Å². The molecule has 0 aliphatic heterocycles. The van der Waals surface area contributed by atoms with E-state index in [-0.39, 0.29) is 5.56 Å². The molecule has 6 heteroatoms. The molecule has 0 saturated carbocycles. The Kier molecular flexibility index (Phi) is 4.42. The van der Waals surface area contributed by atoms with Crippen LogP contribution in [0.15, 0.2) is 46.2 Å². The van der Waals surface area contributed by atoms with Crippen LogP contribution in [0.3, 0.4) is 0 Å². The molecule has 0 unspecified atom stereocenters. The predicted octanol–water partition coefficient (Wildman–Crippen LogP) is 3.78. The zero-order valence-electron chi connectivity index (χ0n) is 10.6. The van der Waals surface area contributed by atoms with Gasteiger partial charge in [-0.2, -0.15) is 0 Å². The van der Waals surface area contributed by atoms with Gasteiger partial charge in [-0.25, -0.2) is 4.79 Å². The molecule has 0 aliphatic rings. The molecule has 0 aliphatic carbocycles. The van der Waals surface area contributed by atoms with Gasteiger partial charge < -0.3 is 15.6 Å². The summed E-state index contributed by atoms with van der Waals surface area (Å²) in [5.74, 6) is -0.418. The van der Waals surface area contributed by atoms with Gasteiger partial charge in [0, 0.05) is 10.6 Å². The van der Waals surface area contributed by atoms with E-state index >= 15 is 0 Å². The Morgan fingerprint density at radius 2 is 2.05 bits per heavy atom. The highest BCUT2D eigenvalue weighted by Gasteiger charge is 2.17. The van der Waals surface area contributed by atoms with Gasteiger partial charge in [0.1, 0.15) is 5.75 Å². The lowest BCUT2D eigenvalue weighted by atomic mass is 10.2. The van der Waals surface area contributed by atoms with Crippen molar-refractivity contribution in [3.8, 4) is 5.75 Å². The maximum atomic E-state index is 11.3. The summed E-state index contributed by atoms with van der Waals surface area (Å²) in [7, 11) is 1.56. The van der Waals surface area contributed by atoms with Crippen molar-refractivity contribution < 1.29 is 14.6 Å². The number of carboxylic acid groups (broad SMARTS) is 1. The normalized spacial score (nSPS) is 10.3. The molecule has 0 radical (unpaired) electrons. The zero-order valence-corrected chi connectivity index (χ0v) is 12.2.